The zero-order valence-electron chi connectivity index (χ0n) is 13.8. The number of hydrogen-bond donors (Lipinski definition) is 1. The van der Waals surface area contributed by atoms with Crippen molar-refractivity contribution in [1.82, 2.24) is 10.2 Å². The number of benzene rings is 2. The zero-order chi connectivity index (χ0) is 16.9. The number of halogens is 3. The lowest BCUT2D eigenvalue weighted by atomic mass is 10.0. The molecular weight excluding hydrogens is 362 g/mol. The standard InChI is InChI=1S/C19H20ClFN2O.ClH/c20-17-6-2-1-5-16(17)18(23-11-3-4-12-23)13-22-19(24)14-7-9-15(21)10-8-14;/h1-2,5-10,18H,3-4,11-13H2,(H,22,24);1H. The van der Waals surface area contributed by atoms with Crippen LogP contribution in [0.2, 0.25) is 5.02 Å². The van der Waals surface area contributed by atoms with Crippen molar-refractivity contribution in [3.05, 3.63) is 70.5 Å². The van der Waals surface area contributed by atoms with E-state index in [2.05, 4.69) is 10.2 Å². The SMILES string of the molecule is Cl.O=C(NCC(c1ccccc1Cl)N1CCCC1)c1ccc(F)cc1. The predicted molar refractivity (Wildman–Crippen MR) is 101 cm³/mol. The van der Waals surface area contributed by atoms with E-state index < -0.39 is 0 Å². The average Bonchev–Trinajstić information content (AvgIpc) is 3.11. The molecule has 1 atom stereocenters. The maximum absolute atomic E-state index is 13.0. The van der Waals surface area contributed by atoms with Crippen LogP contribution in [0.15, 0.2) is 48.5 Å². The second-order valence-corrected chi connectivity index (χ2v) is 6.40. The van der Waals surface area contributed by atoms with Crippen LogP contribution >= 0.6 is 24.0 Å². The molecule has 25 heavy (non-hydrogen) atoms. The summed E-state index contributed by atoms with van der Waals surface area (Å²) >= 11 is 6.37. The molecule has 1 fully saturated rings. The second kappa shape index (κ2) is 9.18. The minimum atomic E-state index is -0.349. The summed E-state index contributed by atoms with van der Waals surface area (Å²) in [6.07, 6.45) is 2.32. The van der Waals surface area contributed by atoms with E-state index in [9.17, 15) is 9.18 Å². The van der Waals surface area contributed by atoms with Crippen molar-refractivity contribution < 1.29 is 9.18 Å². The van der Waals surface area contributed by atoms with E-state index in [-0.39, 0.29) is 30.2 Å². The van der Waals surface area contributed by atoms with Gasteiger partial charge in [0.15, 0.2) is 0 Å². The number of nitrogens with one attached hydrogen (secondary N) is 1. The Kier molecular flexibility index (Phi) is 7.24. The van der Waals surface area contributed by atoms with Crippen molar-refractivity contribution in [3.8, 4) is 0 Å². The average molecular weight is 383 g/mol. The topological polar surface area (TPSA) is 32.3 Å². The van der Waals surface area contributed by atoms with E-state index in [0.717, 1.165) is 31.5 Å². The fourth-order valence-corrected chi connectivity index (χ4v) is 3.39. The highest BCUT2D eigenvalue weighted by Crippen LogP contribution is 2.29. The van der Waals surface area contributed by atoms with Gasteiger partial charge in [-0.25, -0.2) is 4.39 Å². The molecule has 6 heteroatoms. The Bertz CT molecular complexity index is 703. The molecule has 2 aromatic rings. The monoisotopic (exact) mass is 382 g/mol. The maximum atomic E-state index is 13.0. The molecule has 0 aliphatic carbocycles. The molecular formula is C19H21Cl2FN2O. The van der Waals surface area contributed by atoms with Crippen LogP contribution in [0.4, 0.5) is 4.39 Å². The summed E-state index contributed by atoms with van der Waals surface area (Å²) in [6.45, 7) is 2.48. The zero-order valence-corrected chi connectivity index (χ0v) is 15.3. The molecule has 1 amide bonds. The first-order valence-corrected chi connectivity index (χ1v) is 8.55. The number of nitrogens with zero attached hydrogens (tertiary/aromatic N) is 1. The number of likely N-dealkylation sites (tertiary alicyclic amines) is 1. The van der Waals surface area contributed by atoms with Gasteiger partial charge in [-0.05, 0) is 61.8 Å². The lowest BCUT2D eigenvalue weighted by molar-refractivity contribution is 0.0938. The van der Waals surface area contributed by atoms with Crippen molar-refractivity contribution >= 4 is 29.9 Å². The van der Waals surface area contributed by atoms with Crippen LogP contribution in [0.25, 0.3) is 0 Å². The van der Waals surface area contributed by atoms with E-state index in [1.165, 1.54) is 24.3 Å². The molecule has 3 nitrogen and oxygen atoms in total. The Morgan fingerprint density at radius 2 is 1.76 bits per heavy atom. The number of carbonyl (C=O) groups is 1. The molecule has 1 unspecified atom stereocenters. The van der Waals surface area contributed by atoms with Gasteiger partial charge < -0.3 is 5.32 Å². The summed E-state index contributed by atoms with van der Waals surface area (Å²) in [5.74, 6) is -0.552. The predicted octanol–water partition coefficient (Wildman–Crippen LogP) is 4.47. The molecule has 0 saturated carbocycles. The third-order valence-corrected chi connectivity index (χ3v) is 4.75. The van der Waals surface area contributed by atoms with Gasteiger partial charge in [-0.15, -0.1) is 12.4 Å². The van der Waals surface area contributed by atoms with Crippen molar-refractivity contribution in [3.63, 3.8) is 0 Å². The van der Waals surface area contributed by atoms with Crippen LogP contribution in [0.3, 0.4) is 0 Å². The lowest BCUT2D eigenvalue weighted by Crippen LogP contribution is -2.37. The number of carbonyl (C=O) groups excluding carboxylic acids is 1. The summed E-state index contributed by atoms with van der Waals surface area (Å²) in [4.78, 5) is 14.7. The van der Waals surface area contributed by atoms with E-state index in [1.807, 2.05) is 24.3 Å². The largest absolute Gasteiger partial charge is 0.350 e. The molecule has 1 aliphatic heterocycles. The minimum absolute atomic E-state index is 0. The highest BCUT2D eigenvalue weighted by molar-refractivity contribution is 6.31. The van der Waals surface area contributed by atoms with Crippen LogP contribution in [-0.4, -0.2) is 30.4 Å². The van der Waals surface area contributed by atoms with E-state index >= 15 is 0 Å². The molecule has 0 aromatic heterocycles. The van der Waals surface area contributed by atoms with Gasteiger partial charge in [-0.1, -0.05) is 29.8 Å². The first-order valence-electron chi connectivity index (χ1n) is 8.17. The fourth-order valence-electron chi connectivity index (χ4n) is 3.13. The molecule has 2 aromatic carbocycles. The Morgan fingerprint density at radius 3 is 2.40 bits per heavy atom. The van der Waals surface area contributed by atoms with Gasteiger partial charge in [0.05, 0.1) is 6.04 Å². The Balaban J connectivity index is 0.00000225. The Morgan fingerprint density at radius 1 is 1.12 bits per heavy atom. The van der Waals surface area contributed by atoms with Crippen molar-refractivity contribution in [1.29, 1.82) is 0 Å². The highest BCUT2D eigenvalue weighted by Gasteiger charge is 2.25. The smallest absolute Gasteiger partial charge is 0.251 e. The summed E-state index contributed by atoms with van der Waals surface area (Å²) < 4.78 is 13.0. The summed E-state index contributed by atoms with van der Waals surface area (Å²) in [5.41, 5.74) is 1.48. The number of rotatable bonds is 5. The van der Waals surface area contributed by atoms with Crippen LogP contribution in [0.5, 0.6) is 0 Å². The summed E-state index contributed by atoms with van der Waals surface area (Å²) in [5, 5.41) is 3.67. The van der Waals surface area contributed by atoms with Crippen molar-refractivity contribution in [2.75, 3.05) is 19.6 Å². The lowest BCUT2D eigenvalue weighted by Gasteiger charge is -2.29. The Hall–Kier alpha value is -1.62. The minimum Gasteiger partial charge on any atom is -0.350 e. The van der Waals surface area contributed by atoms with Gasteiger partial charge in [0.2, 0.25) is 0 Å². The van der Waals surface area contributed by atoms with E-state index in [1.54, 1.807) is 0 Å². The van der Waals surface area contributed by atoms with Crippen LogP contribution in [0, 0.1) is 5.82 Å². The number of amides is 1. The third-order valence-electron chi connectivity index (χ3n) is 4.41. The second-order valence-electron chi connectivity index (χ2n) is 6.00. The van der Waals surface area contributed by atoms with Crippen LogP contribution < -0.4 is 5.32 Å². The molecule has 0 spiro atoms. The molecule has 0 bridgehead atoms. The van der Waals surface area contributed by atoms with E-state index in [4.69, 9.17) is 11.6 Å². The molecule has 134 valence electrons. The summed E-state index contributed by atoms with van der Waals surface area (Å²) in [7, 11) is 0. The van der Waals surface area contributed by atoms with E-state index in [0.29, 0.717) is 17.1 Å². The molecule has 3 rings (SSSR count). The van der Waals surface area contributed by atoms with Crippen molar-refractivity contribution in [2.45, 2.75) is 18.9 Å². The first-order chi connectivity index (χ1) is 11.6. The van der Waals surface area contributed by atoms with Crippen LogP contribution in [0.1, 0.15) is 34.8 Å². The normalized spacial score (nSPS) is 15.4. The molecule has 1 aliphatic rings. The molecule has 1 saturated heterocycles. The summed E-state index contributed by atoms with van der Waals surface area (Å²) in [6, 6.07) is 13.4. The van der Waals surface area contributed by atoms with Gasteiger partial charge in [0, 0.05) is 17.1 Å². The fraction of sp³-hybridized carbons (Fsp3) is 0.316. The molecule has 0 radical (unpaired) electrons. The van der Waals surface area contributed by atoms with Crippen LogP contribution in [-0.2, 0) is 0 Å². The maximum Gasteiger partial charge on any atom is 0.251 e. The van der Waals surface area contributed by atoms with Gasteiger partial charge >= 0.3 is 0 Å². The van der Waals surface area contributed by atoms with Gasteiger partial charge in [0.25, 0.3) is 5.91 Å². The van der Waals surface area contributed by atoms with Gasteiger partial charge in [-0.3, -0.25) is 9.69 Å². The quantitative estimate of drug-likeness (QED) is 0.827. The van der Waals surface area contributed by atoms with Gasteiger partial charge in [-0.2, -0.15) is 0 Å². The third kappa shape index (κ3) is 4.94. The van der Waals surface area contributed by atoms with Crippen molar-refractivity contribution in [2.24, 2.45) is 0 Å². The molecule has 1 N–H and O–H groups in total. The first kappa shape index (κ1) is 19.7. The highest BCUT2D eigenvalue weighted by atomic mass is 35.5. The number of hydrogen-bond acceptors (Lipinski definition) is 2. The molecule has 1 heterocycles. The Labute approximate surface area is 158 Å². The van der Waals surface area contributed by atoms with Gasteiger partial charge in [0.1, 0.15) is 5.82 Å².